The minimum atomic E-state index is -2.70. The van der Waals surface area contributed by atoms with E-state index in [1.165, 1.54) is 32.6 Å². The first-order valence-corrected chi connectivity index (χ1v) is 15.3. The van der Waals surface area contributed by atoms with Crippen molar-refractivity contribution in [3.8, 4) is 0 Å². The monoisotopic (exact) mass is 642 g/mol. The number of aliphatic hydroxyl groups is 1. The van der Waals surface area contributed by atoms with Crippen LogP contribution < -0.4 is 0 Å². The zero-order valence-corrected chi connectivity index (χ0v) is 27.4. The fourth-order valence-corrected chi connectivity index (χ4v) is 7.53. The molecule has 3 aliphatic rings. The summed E-state index contributed by atoms with van der Waals surface area (Å²) in [5.41, 5.74) is -4.45. The van der Waals surface area contributed by atoms with Crippen LogP contribution in [0, 0.1) is 28.6 Å². The lowest BCUT2D eigenvalue weighted by molar-refractivity contribution is -0.207. The summed E-state index contributed by atoms with van der Waals surface area (Å²) in [4.78, 5) is 80.1. The molecule has 2 heterocycles. The number of furan rings is 1. The maximum atomic E-state index is 14.5. The fourth-order valence-electron chi connectivity index (χ4n) is 7.53. The number of carbonyl (C=O) groups excluding carboxylic acids is 6. The lowest BCUT2D eigenvalue weighted by Crippen LogP contribution is -2.68. The van der Waals surface area contributed by atoms with E-state index in [-0.39, 0.29) is 30.4 Å². The molecule has 250 valence electrons. The normalized spacial score (nSPS) is 33.2. The molecule has 0 bridgehead atoms. The zero-order valence-electron chi connectivity index (χ0n) is 27.4. The molecule has 1 aromatic heterocycles. The van der Waals surface area contributed by atoms with Crippen molar-refractivity contribution in [3.05, 3.63) is 47.5 Å². The molecule has 4 rings (SSSR count). The van der Waals surface area contributed by atoms with Crippen LogP contribution in [0.1, 0.15) is 79.4 Å². The molecule has 1 N–H and O–H groups in total. The van der Waals surface area contributed by atoms with Gasteiger partial charge in [0.15, 0.2) is 17.5 Å². The van der Waals surface area contributed by atoms with Crippen molar-refractivity contribution in [1.82, 2.24) is 0 Å². The summed E-state index contributed by atoms with van der Waals surface area (Å²) in [5.74, 6) is -7.72. The summed E-state index contributed by atoms with van der Waals surface area (Å²) in [6.45, 7) is 10.9. The molecular weight excluding hydrogens is 600 g/mol. The zero-order chi connectivity index (χ0) is 34.4. The minimum Gasteiger partial charge on any atom is -0.472 e. The van der Waals surface area contributed by atoms with Crippen LogP contribution in [-0.2, 0) is 47.7 Å². The van der Waals surface area contributed by atoms with E-state index in [1.807, 2.05) is 0 Å². The Kier molecular flexibility index (Phi) is 9.55. The van der Waals surface area contributed by atoms with Crippen LogP contribution in [0.25, 0.3) is 0 Å². The molecule has 8 atom stereocenters. The second-order valence-electron chi connectivity index (χ2n) is 13.3. The third kappa shape index (κ3) is 5.72. The number of carbonyl (C=O) groups is 6. The van der Waals surface area contributed by atoms with Crippen LogP contribution in [0.2, 0.25) is 0 Å². The second-order valence-corrected chi connectivity index (χ2v) is 13.3. The standard InChI is InChI=1S/C34H42O12/c1-9-17(2)31(40)46-29-26(27(39)18(3)21(32(29,5)6)14-24(37)42-8)30(44-19(4)35)34(41)22-15-25(38)45-28(20-11-13-43-16-20)33(22,7)12-10-23(34)36/h9,11,13,15-16,18,21,26,28-30,41H,10,12,14H2,1-8H3/b17-9+/t18-,21-,26-,28+,29-,30-,33-,34+/m1/s1. The van der Waals surface area contributed by atoms with Crippen LogP contribution in [0.4, 0.5) is 0 Å². The predicted octanol–water partition coefficient (Wildman–Crippen LogP) is 3.75. The second kappa shape index (κ2) is 12.6. The lowest BCUT2D eigenvalue weighted by atomic mass is 9.52. The van der Waals surface area contributed by atoms with Crippen LogP contribution in [0.3, 0.4) is 0 Å². The van der Waals surface area contributed by atoms with Gasteiger partial charge in [0.1, 0.15) is 18.0 Å². The number of ether oxygens (including phenoxy) is 4. The van der Waals surface area contributed by atoms with E-state index in [0.29, 0.717) is 5.56 Å². The Bertz CT molecular complexity index is 1480. The van der Waals surface area contributed by atoms with Crippen molar-refractivity contribution < 1.29 is 57.2 Å². The van der Waals surface area contributed by atoms with E-state index < -0.39 is 87.9 Å². The van der Waals surface area contributed by atoms with Gasteiger partial charge in [-0.1, -0.05) is 33.8 Å². The first-order valence-electron chi connectivity index (χ1n) is 15.3. The highest BCUT2D eigenvalue weighted by atomic mass is 16.6. The van der Waals surface area contributed by atoms with Gasteiger partial charge < -0.3 is 28.5 Å². The van der Waals surface area contributed by atoms with E-state index in [2.05, 4.69) is 0 Å². The maximum absolute atomic E-state index is 14.5. The summed E-state index contributed by atoms with van der Waals surface area (Å²) >= 11 is 0. The number of fused-ring (bicyclic) bond motifs is 1. The fraction of sp³-hybridized carbons (Fsp3) is 0.588. The van der Waals surface area contributed by atoms with E-state index >= 15 is 0 Å². The van der Waals surface area contributed by atoms with Crippen molar-refractivity contribution in [2.24, 2.45) is 28.6 Å². The number of Topliss-reactive ketones (excluding diaryl/α,β-unsaturated/α-hetero) is 2. The van der Waals surface area contributed by atoms with E-state index in [4.69, 9.17) is 23.4 Å². The molecule has 0 radical (unpaired) electrons. The van der Waals surface area contributed by atoms with Crippen molar-refractivity contribution in [3.63, 3.8) is 0 Å². The maximum Gasteiger partial charge on any atom is 0.333 e. The molecule has 12 heteroatoms. The summed E-state index contributed by atoms with van der Waals surface area (Å²) in [6, 6.07) is 1.60. The number of hydrogen-bond donors (Lipinski definition) is 1. The molecule has 0 unspecified atom stereocenters. The molecule has 1 aliphatic heterocycles. The van der Waals surface area contributed by atoms with E-state index in [9.17, 15) is 33.9 Å². The number of hydrogen-bond acceptors (Lipinski definition) is 12. The van der Waals surface area contributed by atoms with Crippen molar-refractivity contribution in [1.29, 1.82) is 0 Å². The summed E-state index contributed by atoms with van der Waals surface area (Å²) < 4.78 is 27.6. The van der Waals surface area contributed by atoms with E-state index in [1.54, 1.807) is 40.7 Å². The summed E-state index contributed by atoms with van der Waals surface area (Å²) in [7, 11) is 1.22. The Balaban J connectivity index is 1.96. The van der Waals surface area contributed by atoms with Gasteiger partial charge >= 0.3 is 23.9 Å². The first kappa shape index (κ1) is 34.8. The third-order valence-corrected chi connectivity index (χ3v) is 10.3. The van der Waals surface area contributed by atoms with Gasteiger partial charge in [-0.15, -0.1) is 0 Å². The molecule has 2 aliphatic carbocycles. The molecule has 2 saturated carbocycles. The molecule has 0 aromatic carbocycles. The Hall–Kier alpha value is -4.06. The highest BCUT2D eigenvalue weighted by Gasteiger charge is 2.68. The van der Waals surface area contributed by atoms with E-state index in [0.717, 1.165) is 13.0 Å². The van der Waals surface area contributed by atoms with Gasteiger partial charge in [0, 0.05) is 53.7 Å². The molecule has 0 saturated heterocycles. The Morgan fingerprint density at radius 3 is 2.39 bits per heavy atom. The molecule has 1 aromatic rings. The molecular formula is C34H42O12. The van der Waals surface area contributed by atoms with Crippen molar-refractivity contribution >= 4 is 35.4 Å². The van der Waals surface area contributed by atoms with Gasteiger partial charge in [-0.05, 0) is 37.8 Å². The Morgan fingerprint density at radius 2 is 1.83 bits per heavy atom. The van der Waals surface area contributed by atoms with Crippen molar-refractivity contribution in [2.75, 3.05) is 7.11 Å². The number of rotatable bonds is 8. The highest BCUT2D eigenvalue weighted by molar-refractivity contribution is 5.99. The average Bonchev–Trinajstić information content (AvgIpc) is 3.54. The first-order chi connectivity index (χ1) is 21.4. The minimum absolute atomic E-state index is 0.0883. The summed E-state index contributed by atoms with van der Waals surface area (Å²) in [5, 5.41) is 12.7. The lowest BCUT2D eigenvalue weighted by Gasteiger charge is -2.56. The Morgan fingerprint density at radius 1 is 1.15 bits per heavy atom. The number of esters is 4. The topological polar surface area (TPSA) is 173 Å². The largest absolute Gasteiger partial charge is 0.472 e. The van der Waals surface area contributed by atoms with Gasteiger partial charge in [-0.2, -0.15) is 0 Å². The smallest absolute Gasteiger partial charge is 0.333 e. The predicted molar refractivity (Wildman–Crippen MR) is 159 cm³/mol. The van der Waals surface area contributed by atoms with Crippen LogP contribution in [-0.4, -0.2) is 65.5 Å². The number of ketones is 2. The van der Waals surface area contributed by atoms with Crippen LogP contribution >= 0.6 is 0 Å². The van der Waals surface area contributed by atoms with Gasteiger partial charge in [0.25, 0.3) is 0 Å². The van der Waals surface area contributed by atoms with Gasteiger partial charge in [0.05, 0.1) is 25.6 Å². The average molecular weight is 643 g/mol. The SMILES string of the molecule is C/C=C(\C)C(=O)O[C@@H]1[C@H]([C@@H](OC(C)=O)[C@@]2(O)C(=O)CC[C@]3(C)C2=CC(=O)O[C@H]3c2ccoc2)C(=O)[C@H](C)[C@@H](CC(=O)OC)C1(C)C. The molecule has 0 amide bonds. The highest BCUT2D eigenvalue weighted by Crippen LogP contribution is 2.59. The van der Waals surface area contributed by atoms with Gasteiger partial charge in [0.2, 0.25) is 0 Å². The third-order valence-electron chi connectivity index (χ3n) is 10.3. The molecule has 46 heavy (non-hydrogen) atoms. The quantitative estimate of drug-likeness (QED) is 0.248. The van der Waals surface area contributed by atoms with Crippen LogP contribution in [0.5, 0.6) is 0 Å². The van der Waals surface area contributed by atoms with Gasteiger partial charge in [-0.3, -0.25) is 19.2 Å². The molecule has 2 fully saturated rings. The molecule has 12 nitrogen and oxygen atoms in total. The number of methoxy groups -OCH3 is 1. The Labute approximate surface area is 267 Å². The number of allylic oxidation sites excluding steroid dienone is 1. The number of cyclic esters (lactones) is 1. The van der Waals surface area contributed by atoms with Crippen LogP contribution in [0.15, 0.2) is 46.3 Å². The molecule has 0 spiro atoms. The van der Waals surface area contributed by atoms with Crippen molar-refractivity contribution in [2.45, 2.75) is 91.6 Å². The summed E-state index contributed by atoms with van der Waals surface area (Å²) in [6.07, 6.45) is 0.750. The van der Waals surface area contributed by atoms with Gasteiger partial charge in [-0.25, -0.2) is 9.59 Å².